The lowest BCUT2D eigenvalue weighted by Gasteiger charge is -2.19. The van der Waals surface area contributed by atoms with Crippen molar-refractivity contribution in [2.24, 2.45) is 0 Å². The summed E-state index contributed by atoms with van der Waals surface area (Å²) in [4.78, 5) is 26.3. The second-order valence-corrected chi connectivity index (χ2v) is 6.41. The summed E-state index contributed by atoms with van der Waals surface area (Å²) in [6.45, 7) is 10.4. The van der Waals surface area contributed by atoms with E-state index in [1.165, 1.54) is 0 Å². The number of hydrogen-bond acceptors (Lipinski definition) is 3. The molecule has 2 aromatic rings. The van der Waals surface area contributed by atoms with Gasteiger partial charge in [0.1, 0.15) is 0 Å². The molecule has 2 N–H and O–H groups in total. The Morgan fingerprint density at radius 1 is 1.00 bits per heavy atom. The Bertz CT molecular complexity index is 790. The molecule has 0 heterocycles. The molecule has 146 valence electrons. The summed E-state index contributed by atoms with van der Waals surface area (Å²) in [5, 5.41) is 6.07. The topological polar surface area (TPSA) is 61.4 Å². The van der Waals surface area contributed by atoms with Crippen LogP contribution in [0.1, 0.15) is 28.9 Å². The molecule has 1 atom stereocenters. The average molecular weight is 377 g/mol. The number of amides is 2. The molecule has 1 unspecified atom stereocenters. The van der Waals surface area contributed by atoms with Crippen molar-refractivity contribution in [1.82, 2.24) is 10.2 Å². The Hall–Kier alpha value is -3.34. The van der Waals surface area contributed by atoms with Crippen LogP contribution in [0.2, 0.25) is 0 Å². The summed E-state index contributed by atoms with van der Waals surface area (Å²) in [6, 6.07) is 16.8. The molecule has 0 radical (unpaired) electrons. The monoisotopic (exact) mass is 377 g/mol. The largest absolute Gasteiger partial charge is 0.376 e. The minimum atomic E-state index is -0.137. The molecule has 0 aromatic heterocycles. The van der Waals surface area contributed by atoms with Crippen molar-refractivity contribution < 1.29 is 9.59 Å². The Labute approximate surface area is 166 Å². The molecule has 28 heavy (non-hydrogen) atoms. The lowest BCUT2D eigenvalue weighted by atomic mass is 10.1. The molecule has 0 bridgehead atoms. The maximum atomic E-state index is 12.4. The summed E-state index contributed by atoms with van der Waals surface area (Å²) in [5.74, 6) is -0.180. The van der Waals surface area contributed by atoms with Gasteiger partial charge in [-0.05, 0) is 36.8 Å². The fourth-order valence-corrected chi connectivity index (χ4v) is 2.72. The molecule has 0 aliphatic carbocycles. The summed E-state index contributed by atoms with van der Waals surface area (Å²) in [7, 11) is 0. The second-order valence-electron chi connectivity index (χ2n) is 6.41. The molecule has 0 aliphatic heterocycles. The van der Waals surface area contributed by atoms with Crippen molar-refractivity contribution in [1.29, 1.82) is 0 Å². The number of nitrogens with one attached hydrogen (secondary N) is 2. The highest BCUT2D eigenvalue weighted by Gasteiger charge is 2.12. The number of hydrogen-bond donors (Lipinski definition) is 2. The molecule has 0 aliphatic rings. The van der Waals surface area contributed by atoms with Gasteiger partial charge in [-0.15, -0.1) is 13.2 Å². The van der Waals surface area contributed by atoms with Crippen molar-refractivity contribution in [2.75, 3.05) is 25.0 Å². The first-order valence-electron chi connectivity index (χ1n) is 9.24. The van der Waals surface area contributed by atoms with Gasteiger partial charge < -0.3 is 15.5 Å². The molecule has 0 saturated heterocycles. The molecule has 2 aromatic carbocycles. The Kier molecular flexibility index (Phi) is 8.03. The van der Waals surface area contributed by atoms with E-state index < -0.39 is 0 Å². The lowest BCUT2D eigenvalue weighted by Crippen LogP contribution is -2.35. The number of anilines is 1. The Morgan fingerprint density at radius 3 is 2.18 bits per heavy atom. The summed E-state index contributed by atoms with van der Waals surface area (Å²) < 4.78 is 0. The standard InChI is InChI=1S/C23H27N3O2/c1-4-15-26(16-5-2)22(27)17-24-21-13-11-20(12-14-21)23(28)25-18(3)19-9-7-6-8-10-19/h4-14,18,24H,1-2,15-17H2,3H3,(H,25,28). The predicted octanol–water partition coefficient (Wildman–Crippen LogP) is 3.79. The van der Waals surface area contributed by atoms with E-state index in [-0.39, 0.29) is 24.4 Å². The number of carbonyl (C=O) groups excluding carboxylic acids is 2. The molecule has 2 rings (SSSR count). The minimum Gasteiger partial charge on any atom is -0.376 e. The average Bonchev–Trinajstić information content (AvgIpc) is 2.72. The van der Waals surface area contributed by atoms with E-state index in [0.29, 0.717) is 18.7 Å². The van der Waals surface area contributed by atoms with Crippen molar-refractivity contribution in [3.63, 3.8) is 0 Å². The number of benzene rings is 2. The van der Waals surface area contributed by atoms with Crippen LogP contribution in [0.5, 0.6) is 0 Å². The van der Waals surface area contributed by atoms with E-state index >= 15 is 0 Å². The third-order valence-electron chi connectivity index (χ3n) is 4.29. The van der Waals surface area contributed by atoms with Crippen LogP contribution in [-0.2, 0) is 4.79 Å². The van der Waals surface area contributed by atoms with E-state index in [4.69, 9.17) is 0 Å². The molecular weight excluding hydrogens is 350 g/mol. The smallest absolute Gasteiger partial charge is 0.251 e. The number of nitrogens with zero attached hydrogens (tertiary/aromatic N) is 1. The van der Waals surface area contributed by atoms with Crippen LogP contribution in [0.25, 0.3) is 0 Å². The minimum absolute atomic E-state index is 0.0432. The SMILES string of the molecule is C=CCN(CC=C)C(=O)CNc1ccc(C(=O)NC(C)c2ccccc2)cc1. The lowest BCUT2D eigenvalue weighted by molar-refractivity contribution is -0.128. The molecule has 5 heteroatoms. The van der Waals surface area contributed by atoms with Gasteiger partial charge in [0, 0.05) is 24.3 Å². The van der Waals surface area contributed by atoms with Crippen molar-refractivity contribution >= 4 is 17.5 Å². The summed E-state index contributed by atoms with van der Waals surface area (Å²) >= 11 is 0. The maximum Gasteiger partial charge on any atom is 0.251 e. The van der Waals surface area contributed by atoms with Crippen LogP contribution in [0.15, 0.2) is 79.9 Å². The van der Waals surface area contributed by atoms with E-state index in [1.54, 1.807) is 41.3 Å². The summed E-state index contributed by atoms with van der Waals surface area (Å²) in [5.41, 5.74) is 2.40. The predicted molar refractivity (Wildman–Crippen MR) is 114 cm³/mol. The second kappa shape index (κ2) is 10.7. The zero-order chi connectivity index (χ0) is 20.4. The zero-order valence-corrected chi connectivity index (χ0v) is 16.2. The number of rotatable bonds is 10. The number of carbonyl (C=O) groups is 2. The highest BCUT2D eigenvalue weighted by Crippen LogP contribution is 2.14. The molecule has 0 saturated carbocycles. The van der Waals surface area contributed by atoms with Crippen molar-refractivity contribution in [2.45, 2.75) is 13.0 Å². The van der Waals surface area contributed by atoms with Crippen LogP contribution < -0.4 is 10.6 Å². The van der Waals surface area contributed by atoms with Crippen molar-refractivity contribution in [3.05, 3.63) is 91.0 Å². The first kappa shape index (κ1) is 21.0. The first-order chi connectivity index (χ1) is 13.5. The van der Waals surface area contributed by atoms with Crippen LogP contribution in [-0.4, -0.2) is 36.3 Å². The molecule has 0 fully saturated rings. The van der Waals surface area contributed by atoms with Crippen LogP contribution in [0.4, 0.5) is 5.69 Å². The van der Waals surface area contributed by atoms with Gasteiger partial charge in [0.15, 0.2) is 0 Å². The Balaban J connectivity index is 1.90. The third kappa shape index (κ3) is 6.13. The Morgan fingerprint density at radius 2 is 1.61 bits per heavy atom. The zero-order valence-electron chi connectivity index (χ0n) is 16.2. The highest BCUT2D eigenvalue weighted by molar-refractivity contribution is 5.94. The van der Waals surface area contributed by atoms with E-state index in [1.807, 2.05) is 37.3 Å². The van der Waals surface area contributed by atoms with Gasteiger partial charge in [0.25, 0.3) is 5.91 Å². The van der Waals surface area contributed by atoms with Gasteiger partial charge in [-0.1, -0.05) is 42.5 Å². The van der Waals surface area contributed by atoms with Gasteiger partial charge in [-0.25, -0.2) is 0 Å². The molecule has 5 nitrogen and oxygen atoms in total. The highest BCUT2D eigenvalue weighted by atomic mass is 16.2. The molecule has 0 spiro atoms. The third-order valence-corrected chi connectivity index (χ3v) is 4.29. The molecule has 2 amide bonds. The van der Waals surface area contributed by atoms with Crippen LogP contribution in [0.3, 0.4) is 0 Å². The van der Waals surface area contributed by atoms with Gasteiger partial charge in [-0.2, -0.15) is 0 Å². The fourth-order valence-electron chi connectivity index (χ4n) is 2.72. The van der Waals surface area contributed by atoms with Crippen LogP contribution in [0, 0.1) is 0 Å². The maximum absolute atomic E-state index is 12.4. The van der Waals surface area contributed by atoms with E-state index in [0.717, 1.165) is 11.3 Å². The quantitative estimate of drug-likeness (QED) is 0.619. The van der Waals surface area contributed by atoms with Gasteiger partial charge in [0.2, 0.25) is 5.91 Å². The van der Waals surface area contributed by atoms with E-state index in [2.05, 4.69) is 23.8 Å². The summed E-state index contributed by atoms with van der Waals surface area (Å²) in [6.07, 6.45) is 3.37. The van der Waals surface area contributed by atoms with Gasteiger partial charge >= 0.3 is 0 Å². The molecular formula is C23H27N3O2. The van der Waals surface area contributed by atoms with Gasteiger partial charge in [0.05, 0.1) is 12.6 Å². The fraction of sp³-hybridized carbons (Fsp3) is 0.217. The normalized spacial score (nSPS) is 11.2. The van der Waals surface area contributed by atoms with Gasteiger partial charge in [-0.3, -0.25) is 9.59 Å². The first-order valence-corrected chi connectivity index (χ1v) is 9.24. The van der Waals surface area contributed by atoms with Crippen LogP contribution >= 0.6 is 0 Å². The van der Waals surface area contributed by atoms with Crippen molar-refractivity contribution in [3.8, 4) is 0 Å². The van der Waals surface area contributed by atoms with E-state index in [9.17, 15) is 9.59 Å².